The van der Waals surface area contributed by atoms with Gasteiger partial charge in [0.1, 0.15) is 4.90 Å². The molecule has 0 unspecified atom stereocenters. The maximum Gasteiger partial charge on any atom is 0.340 e. The Balaban J connectivity index is 1.78. The van der Waals surface area contributed by atoms with Crippen LogP contribution in [-0.4, -0.2) is 32.8 Å². The van der Waals surface area contributed by atoms with Gasteiger partial charge in [-0.3, -0.25) is 4.79 Å². The minimum Gasteiger partial charge on any atom is -0.454 e. The molecule has 0 radical (unpaired) electrons. The van der Waals surface area contributed by atoms with Crippen LogP contribution in [0.15, 0.2) is 47.4 Å². The van der Waals surface area contributed by atoms with E-state index in [1.165, 1.54) is 6.07 Å². The van der Waals surface area contributed by atoms with Crippen LogP contribution in [0.1, 0.15) is 33.6 Å². The lowest BCUT2D eigenvalue weighted by Crippen LogP contribution is -2.26. The minimum absolute atomic E-state index is 0.0671. The van der Waals surface area contributed by atoms with Crippen molar-refractivity contribution in [3.63, 3.8) is 0 Å². The summed E-state index contributed by atoms with van der Waals surface area (Å²) >= 11 is 12.0. The number of Topliss-reactive ketones (excluding diaryl/α,β-unsaturated/α-hetero) is 1. The van der Waals surface area contributed by atoms with Crippen LogP contribution >= 0.6 is 23.2 Å². The highest BCUT2D eigenvalue weighted by Gasteiger charge is 2.30. The van der Waals surface area contributed by atoms with Crippen LogP contribution in [0.25, 0.3) is 0 Å². The van der Waals surface area contributed by atoms with Crippen molar-refractivity contribution in [2.24, 2.45) is 0 Å². The maximum absolute atomic E-state index is 12.4. The molecule has 3 rings (SSSR count). The summed E-state index contributed by atoms with van der Waals surface area (Å²) in [4.78, 5) is 24.1. The van der Waals surface area contributed by atoms with Crippen molar-refractivity contribution in [3.05, 3.63) is 63.6 Å². The van der Waals surface area contributed by atoms with Crippen LogP contribution < -0.4 is 4.72 Å². The molecule has 1 fully saturated rings. The number of ether oxygens (including phenoxy) is 1. The van der Waals surface area contributed by atoms with Gasteiger partial charge in [0.25, 0.3) is 0 Å². The monoisotopic (exact) mass is 427 g/mol. The van der Waals surface area contributed by atoms with E-state index in [4.69, 9.17) is 27.9 Å². The van der Waals surface area contributed by atoms with E-state index in [0.717, 1.165) is 18.9 Å². The summed E-state index contributed by atoms with van der Waals surface area (Å²) in [6.07, 6.45) is 1.50. The molecule has 9 heteroatoms. The third-order valence-electron chi connectivity index (χ3n) is 3.86. The molecule has 1 aliphatic rings. The molecule has 0 aromatic heterocycles. The number of nitrogens with one attached hydrogen (secondary N) is 1. The second-order valence-electron chi connectivity index (χ2n) is 6.02. The van der Waals surface area contributed by atoms with Crippen LogP contribution in [-0.2, 0) is 14.8 Å². The molecule has 0 saturated heterocycles. The van der Waals surface area contributed by atoms with Gasteiger partial charge in [0.2, 0.25) is 10.0 Å². The number of hydrogen-bond donors (Lipinski definition) is 1. The molecular formula is C18H15Cl2NO5S. The van der Waals surface area contributed by atoms with Crippen molar-refractivity contribution in [1.29, 1.82) is 0 Å². The summed E-state index contributed by atoms with van der Waals surface area (Å²) in [5, 5.41) is -0.174. The molecule has 0 heterocycles. The topological polar surface area (TPSA) is 89.5 Å². The van der Waals surface area contributed by atoms with Crippen molar-refractivity contribution >= 4 is 45.0 Å². The SMILES string of the molecule is O=C(COC(=O)c1cc(S(=O)(=O)NC2CC2)c(Cl)cc1Cl)c1ccccc1. The Morgan fingerprint density at radius 2 is 1.74 bits per heavy atom. The summed E-state index contributed by atoms with van der Waals surface area (Å²) in [6.45, 7) is -0.496. The molecule has 142 valence electrons. The van der Waals surface area contributed by atoms with Gasteiger partial charge in [-0.1, -0.05) is 53.5 Å². The third-order valence-corrected chi connectivity index (χ3v) is 6.16. The van der Waals surface area contributed by atoms with E-state index >= 15 is 0 Å². The Morgan fingerprint density at radius 1 is 1.07 bits per heavy atom. The lowest BCUT2D eigenvalue weighted by atomic mass is 10.1. The zero-order valence-electron chi connectivity index (χ0n) is 13.9. The summed E-state index contributed by atoms with van der Waals surface area (Å²) in [6, 6.07) is 10.4. The van der Waals surface area contributed by atoms with Gasteiger partial charge >= 0.3 is 5.97 Å². The predicted octanol–water partition coefficient (Wildman–Crippen LogP) is 3.47. The molecule has 1 aliphatic carbocycles. The molecule has 1 N–H and O–H groups in total. The lowest BCUT2D eigenvalue weighted by molar-refractivity contribution is 0.0474. The number of esters is 1. The summed E-state index contributed by atoms with van der Waals surface area (Å²) in [5.41, 5.74) is 0.211. The van der Waals surface area contributed by atoms with E-state index in [2.05, 4.69) is 4.72 Å². The van der Waals surface area contributed by atoms with E-state index in [9.17, 15) is 18.0 Å². The molecule has 0 aliphatic heterocycles. The second-order valence-corrected chi connectivity index (χ2v) is 8.52. The number of carbonyl (C=O) groups is 2. The van der Waals surface area contributed by atoms with Gasteiger partial charge in [-0.2, -0.15) is 0 Å². The number of carbonyl (C=O) groups excluding carboxylic acids is 2. The van der Waals surface area contributed by atoms with Crippen LogP contribution in [0.4, 0.5) is 0 Å². The van der Waals surface area contributed by atoms with Crippen molar-refractivity contribution in [2.75, 3.05) is 6.61 Å². The molecule has 1 saturated carbocycles. The highest BCUT2D eigenvalue weighted by molar-refractivity contribution is 7.89. The number of hydrogen-bond acceptors (Lipinski definition) is 5. The standard InChI is InChI=1S/C18H15Cl2NO5S/c19-14-9-15(20)17(27(24,25)21-12-6-7-12)8-13(14)18(23)26-10-16(22)11-4-2-1-3-5-11/h1-5,8-9,12,21H,6-7,10H2. The van der Waals surface area contributed by atoms with E-state index in [1.54, 1.807) is 30.3 Å². The van der Waals surface area contributed by atoms with E-state index in [1.807, 2.05) is 0 Å². The quantitative estimate of drug-likeness (QED) is 0.539. The normalized spacial score (nSPS) is 14.0. The number of rotatable bonds is 7. The van der Waals surface area contributed by atoms with Crippen LogP contribution in [0.5, 0.6) is 0 Å². The molecule has 0 amide bonds. The van der Waals surface area contributed by atoms with E-state index in [-0.39, 0.29) is 26.5 Å². The molecule has 2 aromatic rings. The number of sulfonamides is 1. The summed E-state index contributed by atoms with van der Waals surface area (Å²) < 4.78 is 32.3. The first-order valence-electron chi connectivity index (χ1n) is 8.04. The van der Waals surface area contributed by atoms with E-state index < -0.39 is 28.4 Å². The zero-order chi connectivity index (χ0) is 19.6. The van der Waals surface area contributed by atoms with Crippen molar-refractivity contribution in [1.82, 2.24) is 4.72 Å². The molecule has 0 atom stereocenters. The van der Waals surface area contributed by atoms with Crippen molar-refractivity contribution in [2.45, 2.75) is 23.8 Å². The minimum atomic E-state index is -3.89. The third kappa shape index (κ3) is 4.87. The Labute approximate surface area is 166 Å². The van der Waals surface area contributed by atoms with Crippen LogP contribution in [0, 0.1) is 0 Å². The summed E-state index contributed by atoms with van der Waals surface area (Å²) in [5.74, 6) is -1.30. The molecule has 0 bridgehead atoms. The van der Waals surface area contributed by atoms with Gasteiger partial charge in [0, 0.05) is 11.6 Å². The fourth-order valence-corrected chi connectivity index (χ4v) is 4.45. The second kappa shape index (κ2) is 7.98. The molecule has 2 aromatic carbocycles. The molecule has 0 spiro atoms. The molecule has 27 heavy (non-hydrogen) atoms. The first-order chi connectivity index (χ1) is 12.8. The van der Waals surface area contributed by atoms with Crippen molar-refractivity contribution < 1.29 is 22.7 Å². The number of benzene rings is 2. The average molecular weight is 428 g/mol. The predicted molar refractivity (Wildman–Crippen MR) is 101 cm³/mol. The van der Waals surface area contributed by atoms with Gasteiger partial charge < -0.3 is 4.74 Å². The van der Waals surface area contributed by atoms with Gasteiger partial charge in [0.05, 0.1) is 15.6 Å². The van der Waals surface area contributed by atoms with Gasteiger partial charge in [0.15, 0.2) is 12.4 Å². The van der Waals surface area contributed by atoms with Crippen LogP contribution in [0.2, 0.25) is 10.0 Å². The van der Waals surface area contributed by atoms with Crippen molar-refractivity contribution in [3.8, 4) is 0 Å². The number of halogens is 2. The fourth-order valence-electron chi connectivity index (χ4n) is 2.29. The average Bonchev–Trinajstić information content (AvgIpc) is 3.43. The number of ketones is 1. The van der Waals surface area contributed by atoms with Crippen LogP contribution in [0.3, 0.4) is 0 Å². The first-order valence-corrected chi connectivity index (χ1v) is 10.3. The van der Waals surface area contributed by atoms with Gasteiger partial charge in [-0.05, 0) is 25.0 Å². The van der Waals surface area contributed by atoms with Gasteiger partial charge in [-0.15, -0.1) is 0 Å². The maximum atomic E-state index is 12.4. The molecular weight excluding hydrogens is 413 g/mol. The zero-order valence-corrected chi connectivity index (χ0v) is 16.3. The smallest absolute Gasteiger partial charge is 0.340 e. The highest BCUT2D eigenvalue weighted by atomic mass is 35.5. The Kier molecular flexibility index (Phi) is 5.86. The van der Waals surface area contributed by atoms with E-state index in [0.29, 0.717) is 5.56 Å². The Bertz CT molecular complexity index is 988. The largest absolute Gasteiger partial charge is 0.454 e. The lowest BCUT2D eigenvalue weighted by Gasteiger charge is -2.11. The van der Waals surface area contributed by atoms with Gasteiger partial charge in [-0.25, -0.2) is 17.9 Å². The highest BCUT2D eigenvalue weighted by Crippen LogP contribution is 2.31. The fraction of sp³-hybridized carbons (Fsp3) is 0.222. The first kappa shape index (κ1) is 19.8. The Hall–Kier alpha value is -1.93. The molecule has 6 nitrogen and oxygen atoms in total. The Morgan fingerprint density at radius 3 is 2.37 bits per heavy atom. The summed E-state index contributed by atoms with van der Waals surface area (Å²) in [7, 11) is -3.89.